The van der Waals surface area contributed by atoms with Gasteiger partial charge in [-0.2, -0.15) is 0 Å². The van der Waals surface area contributed by atoms with E-state index in [4.69, 9.17) is 0 Å². The van der Waals surface area contributed by atoms with E-state index in [2.05, 4.69) is 244 Å². The van der Waals surface area contributed by atoms with Gasteiger partial charge in [0, 0.05) is 84.2 Å². The van der Waals surface area contributed by atoms with E-state index in [-0.39, 0.29) is 0 Å². The highest BCUT2D eigenvalue weighted by Gasteiger charge is 2.21. The maximum atomic E-state index is 2.49. The molecule has 4 heterocycles. The lowest BCUT2D eigenvalue weighted by atomic mass is 9.92. The number of para-hydroxylation sites is 3. The molecule has 0 radical (unpaired) electrons. The molecule has 0 amide bonds. The van der Waals surface area contributed by atoms with Crippen molar-refractivity contribution in [3.63, 3.8) is 0 Å². The first-order chi connectivity index (χ1) is 32.2. The third kappa shape index (κ3) is 5.31. The predicted molar refractivity (Wildman–Crippen MR) is 275 cm³/mol. The molecule has 0 spiro atoms. The summed E-state index contributed by atoms with van der Waals surface area (Å²) in [6, 6.07) is 72.4. The number of nitrogens with zero attached hydrogens (tertiary/aromatic N) is 4. The molecule has 1 unspecified atom stereocenters. The van der Waals surface area contributed by atoms with Gasteiger partial charge in [0.1, 0.15) is 0 Å². The van der Waals surface area contributed by atoms with Crippen LogP contribution in [0, 0.1) is 0 Å². The zero-order valence-corrected chi connectivity index (χ0v) is 35.9. The largest absolute Gasteiger partial charge is 0.344 e. The topological polar surface area (TPSA) is 19.7 Å². The average molecular weight is 831 g/mol. The van der Waals surface area contributed by atoms with E-state index in [9.17, 15) is 0 Å². The highest BCUT2D eigenvalue weighted by molar-refractivity contribution is 6.15. The summed E-state index contributed by atoms with van der Waals surface area (Å²) < 4.78 is 9.75. The second-order valence-corrected chi connectivity index (χ2v) is 17.8. The summed E-state index contributed by atoms with van der Waals surface area (Å²) in [5, 5.41) is 9.99. The van der Waals surface area contributed by atoms with Gasteiger partial charge in [0.25, 0.3) is 0 Å². The maximum Gasteiger partial charge on any atom is 0.0547 e. The third-order valence-electron chi connectivity index (χ3n) is 14.3. The molecule has 1 atom stereocenters. The standard InChI is InChI=1S/C61H42N4/c1-62-54-21-11-8-20-48(54)51-36-43(26-31-55(51)62)63-58-32-27-44(64-56-22-12-9-18-46(56)49-29-24-41(34-60(49)64)39-14-4-2-5-15-39)37-52(58)53-38-45(28-33-59(53)63)65-57-23-13-10-19-47(57)50-30-25-42(35-61(50)65)40-16-6-3-7-17-40/h2-16,18-38,40H,17H2,1H3. The number of allylic oxidation sites excluding steroid dienone is 4. The van der Waals surface area contributed by atoms with Crippen molar-refractivity contribution in [1.82, 2.24) is 18.3 Å². The van der Waals surface area contributed by atoms with E-state index in [0.29, 0.717) is 5.92 Å². The fourth-order valence-electron chi connectivity index (χ4n) is 11.2. The monoisotopic (exact) mass is 830 g/mol. The maximum absolute atomic E-state index is 2.49. The number of aryl methyl sites for hydroxylation is 1. The zero-order valence-electron chi connectivity index (χ0n) is 35.9. The summed E-state index contributed by atoms with van der Waals surface area (Å²) in [5.41, 5.74) is 16.9. The van der Waals surface area contributed by atoms with Gasteiger partial charge in [-0.25, -0.2) is 0 Å². The van der Waals surface area contributed by atoms with Crippen molar-refractivity contribution in [3.8, 4) is 28.2 Å². The summed E-state index contributed by atoms with van der Waals surface area (Å²) in [4.78, 5) is 0. The molecular formula is C61H42N4. The van der Waals surface area contributed by atoms with E-state index in [1.165, 1.54) is 104 Å². The molecule has 4 heteroatoms. The minimum Gasteiger partial charge on any atom is -0.344 e. The fraction of sp³-hybridized carbons (Fsp3) is 0.0492. The van der Waals surface area contributed by atoms with Crippen molar-refractivity contribution in [3.05, 3.63) is 224 Å². The number of benzene rings is 9. The molecule has 1 aliphatic rings. The molecule has 0 fully saturated rings. The van der Waals surface area contributed by atoms with Crippen LogP contribution >= 0.6 is 0 Å². The van der Waals surface area contributed by atoms with Crippen molar-refractivity contribution in [2.45, 2.75) is 12.3 Å². The van der Waals surface area contributed by atoms with Gasteiger partial charge in [-0.3, -0.25) is 0 Å². The lowest BCUT2D eigenvalue weighted by Gasteiger charge is -2.15. The minimum atomic E-state index is 0.360. The Bertz CT molecular complexity index is 4170. The van der Waals surface area contributed by atoms with Crippen molar-refractivity contribution < 1.29 is 0 Å². The highest BCUT2D eigenvalue weighted by Crippen LogP contribution is 2.42. The highest BCUT2D eigenvalue weighted by atomic mass is 15.0. The number of fused-ring (bicyclic) bond motifs is 12. The second kappa shape index (κ2) is 13.8. The summed E-state index contributed by atoms with van der Waals surface area (Å²) in [6.07, 6.45) is 9.97. The summed E-state index contributed by atoms with van der Waals surface area (Å²) >= 11 is 0. The van der Waals surface area contributed by atoms with Gasteiger partial charge in [-0.1, -0.05) is 133 Å². The van der Waals surface area contributed by atoms with Gasteiger partial charge < -0.3 is 18.3 Å². The molecule has 4 nitrogen and oxygen atoms in total. The number of aromatic nitrogens is 4. The zero-order chi connectivity index (χ0) is 42.8. The van der Waals surface area contributed by atoms with Crippen molar-refractivity contribution in [2.24, 2.45) is 7.05 Å². The minimum absolute atomic E-state index is 0.360. The van der Waals surface area contributed by atoms with E-state index >= 15 is 0 Å². The first kappa shape index (κ1) is 36.2. The van der Waals surface area contributed by atoms with Crippen LogP contribution in [0.25, 0.3) is 115 Å². The Morgan fingerprint density at radius 1 is 0.338 bits per heavy atom. The third-order valence-corrected chi connectivity index (χ3v) is 14.3. The van der Waals surface area contributed by atoms with E-state index < -0.39 is 0 Å². The molecule has 306 valence electrons. The molecule has 1 aliphatic carbocycles. The van der Waals surface area contributed by atoms with Crippen LogP contribution in [0.4, 0.5) is 0 Å². The van der Waals surface area contributed by atoms with Gasteiger partial charge in [0.15, 0.2) is 0 Å². The van der Waals surface area contributed by atoms with Gasteiger partial charge in [0.05, 0.1) is 33.1 Å². The molecule has 13 aromatic rings. The van der Waals surface area contributed by atoms with E-state index in [1.807, 2.05) is 0 Å². The molecule has 0 saturated carbocycles. The van der Waals surface area contributed by atoms with Crippen LogP contribution in [0.15, 0.2) is 218 Å². The molecule has 0 saturated heterocycles. The number of hydrogen-bond donors (Lipinski definition) is 0. The lowest BCUT2D eigenvalue weighted by Crippen LogP contribution is -1.98. The molecule has 0 bridgehead atoms. The average Bonchev–Trinajstić information content (AvgIpc) is 4.08. The quantitative estimate of drug-likeness (QED) is 0.165. The van der Waals surface area contributed by atoms with Gasteiger partial charge in [-0.05, 0) is 108 Å². The molecule has 0 aliphatic heterocycles. The first-order valence-electron chi connectivity index (χ1n) is 22.7. The smallest absolute Gasteiger partial charge is 0.0547 e. The normalized spacial score (nSPS) is 14.2. The van der Waals surface area contributed by atoms with E-state index in [1.54, 1.807) is 0 Å². The fourth-order valence-corrected chi connectivity index (χ4v) is 11.2. The Labute approximate surface area is 375 Å². The van der Waals surface area contributed by atoms with Crippen LogP contribution in [0.3, 0.4) is 0 Å². The Hall–Kier alpha value is -8.34. The van der Waals surface area contributed by atoms with Crippen LogP contribution in [-0.2, 0) is 7.05 Å². The van der Waals surface area contributed by atoms with Crippen molar-refractivity contribution >= 4 is 87.2 Å². The Morgan fingerprint density at radius 3 is 1.42 bits per heavy atom. The van der Waals surface area contributed by atoms with Crippen LogP contribution in [0.2, 0.25) is 0 Å². The summed E-state index contributed by atoms with van der Waals surface area (Å²) in [6.45, 7) is 0. The summed E-state index contributed by atoms with van der Waals surface area (Å²) in [5.74, 6) is 0.360. The predicted octanol–water partition coefficient (Wildman–Crippen LogP) is 15.9. The lowest BCUT2D eigenvalue weighted by molar-refractivity contribution is 0.855. The van der Waals surface area contributed by atoms with Crippen LogP contribution < -0.4 is 0 Å². The van der Waals surface area contributed by atoms with Crippen molar-refractivity contribution in [1.29, 1.82) is 0 Å². The van der Waals surface area contributed by atoms with Crippen molar-refractivity contribution in [2.75, 3.05) is 0 Å². The van der Waals surface area contributed by atoms with Gasteiger partial charge in [-0.15, -0.1) is 0 Å². The number of rotatable bonds is 5. The number of hydrogen-bond acceptors (Lipinski definition) is 0. The van der Waals surface area contributed by atoms with Gasteiger partial charge >= 0.3 is 0 Å². The SMILES string of the molecule is Cn1c2ccccc2c2cc(-n3c4ccc(-n5c6ccccc6c6ccc(-c7ccccc7)cc65)cc4c4cc(-n5c6ccccc6c6ccc(C7C=CC=CC7)cc65)ccc43)ccc21. The second-order valence-electron chi connectivity index (χ2n) is 17.8. The Balaban J connectivity index is 1.05. The molecule has 0 N–H and O–H groups in total. The van der Waals surface area contributed by atoms with Crippen LogP contribution in [0.5, 0.6) is 0 Å². The molecular weight excluding hydrogens is 789 g/mol. The van der Waals surface area contributed by atoms with Gasteiger partial charge in [0.2, 0.25) is 0 Å². The Kier molecular flexibility index (Phi) is 7.70. The molecule has 65 heavy (non-hydrogen) atoms. The molecule has 4 aromatic heterocycles. The summed E-state index contributed by atoms with van der Waals surface area (Å²) in [7, 11) is 2.17. The van der Waals surface area contributed by atoms with Crippen LogP contribution in [0.1, 0.15) is 17.9 Å². The molecule has 14 rings (SSSR count). The first-order valence-corrected chi connectivity index (χ1v) is 22.7. The molecule has 9 aromatic carbocycles. The Morgan fingerprint density at radius 2 is 0.800 bits per heavy atom. The van der Waals surface area contributed by atoms with Crippen LogP contribution in [-0.4, -0.2) is 18.3 Å². The van der Waals surface area contributed by atoms with E-state index in [0.717, 1.165) is 23.5 Å².